The maximum Gasteiger partial charge on any atom is 0.412 e. The molecule has 0 spiro atoms. The highest BCUT2D eigenvalue weighted by Gasteiger charge is 2.30. The van der Waals surface area contributed by atoms with E-state index in [0.29, 0.717) is 15.9 Å². The van der Waals surface area contributed by atoms with Crippen molar-refractivity contribution < 1.29 is 29.4 Å². The van der Waals surface area contributed by atoms with Crippen LogP contribution < -0.4 is 15.5 Å². The Hall–Kier alpha value is -3.34. The number of amides is 2. The van der Waals surface area contributed by atoms with Crippen LogP contribution in [0.2, 0.25) is 0 Å². The third-order valence-electron chi connectivity index (χ3n) is 4.48. The van der Waals surface area contributed by atoms with Gasteiger partial charge >= 0.3 is 6.09 Å². The Morgan fingerprint density at radius 2 is 1.62 bits per heavy atom. The molecule has 3 aromatic carbocycles. The van der Waals surface area contributed by atoms with Crippen LogP contribution in [0.25, 0.3) is 0 Å². The minimum Gasteiger partial charge on any atom is -0.508 e. The number of hydrogen-bond donors (Lipinski definition) is 4. The second-order valence-electron chi connectivity index (χ2n) is 6.89. The number of nitrogens with one attached hydrogen (secondary N) is 2. The van der Waals surface area contributed by atoms with Crippen LogP contribution in [0.4, 0.5) is 10.5 Å². The van der Waals surface area contributed by atoms with Gasteiger partial charge in [-0.25, -0.2) is 10.3 Å². The number of aromatic hydroxyl groups is 1. The lowest BCUT2D eigenvalue weighted by Crippen LogP contribution is -2.30. The van der Waals surface area contributed by atoms with Gasteiger partial charge < -0.3 is 14.6 Å². The number of halogens is 2. The largest absolute Gasteiger partial charge is 0.508 e. The van der Waals surface area contributed by atoms with Crippen molar-refractivity contribution in [1.29, 1.82) is 0 Å². The molecule has 0 bridgehead atoms. The van der Waals surface area contributed by atoms with E-state index >= 15 is 0 Å². The third-order valence-corrected chi connectivity index (χ3v) is 5.50. The molecule has 176 valence electrons. The summed E-state index contributed by atoms with van der Waals surface area (Å²) in [6.07, 6.45) is -0.706. The lowest BCUT2D eigenvalue weighted by atomic mass is 10.0. The van der Waals surface area contributed by atoms with Crippen LogP contribution in [0, 0.1) is 0 Å². The number of phenolic OH excluding ortho intramolecular Hbond substituents is 1. The van der Waals surface area contributed by atoms with Gasteiger partial charge in [0.2, 0.25) is 0 Å². The number of anilines is 1. The van der Waals surface area contributed by atoms with Crippen molar-refractivity contribution in [3.63, 3.8) is 0 Å². The SMILES string of the molecule is O=C(/C=C/[C@@H](Oc1ccccc1)[C@H](OC(=O)Nc1ccc(Br)cc1)c1cc(Br)ccc1O)NO. The maximum atomic E-state index is 12.8. The van der Waals surface area contributed by atoms with Crippen LogP contribution in [0.1, 0.15) is 11.7 Å². The summed E-state index contributed by atoms with van der Waals surface area (Å²) in [5.74, 6) is -0.525. The normalized spacial score (nSPS) is 12.6. The molecule has 0 saturated carbocycles. The number of carbonyl (C=O) groups is 2. The van der Waals surface area contributed by atoms with Crippen molar-refractivity contribution in [2.45, 2.75) is 12.2 Å². The quantitative estimate of drug-likeness (QED) is 0.151. The number of hydroxylamine groups is 1. The summed E-state index contributed by atoms with van der Waals surface area (Å²) in [6.45, 7) is 0. The molecule has 2 amide bonds. The number of benzene rings is 3. The molecule has 0 fully saturated rings. The van der Waals surface area contributed by atoms with E-state index in [4.69, 9.17) is 14.7 Å². The minimum atomic E-state index is -1.18. The van der Waals surface area contributed by atoms with Crippen molar-refractivity contribution in [2.75, 3.05) is 5.32 Å². The van der Waals surface area contributed by atoms with E-state index in [1.165, 1.54) is 17.6 Å². The topological polar surface area (TPSA) is 117 Å². The number of para-hydroxylation sites is 1. The molecule has 34 heavy (non-hydrogen) atoms. The lowest BCUT2D eigenvalue weighted by Gasteiger charge is -2.27. The van der Waals surface area contributed by atoms with Gasteiger partial charge in [0.25, 0.3) is 5.91 Å². The predicted molar refractivity (Wildman–Crippen MR) is 133 cm³/mol. The zero-order chi connectivity index (χ0) is 24.5. The number of rotatable bonds is 8. The van der Waals surface area contributed by atoms with E-state index in [1.807, 2.05) is 0 Å². The van der Waals surface area contributed by atoms with Gasteiger partial charge in [-0.1, -0.05) is 50.1 Å². The minimum absolute atomic E-state index is 0.147. The fraction of sp³-hybridized carbons (Fsp3) is 0.0833. The predicted octanol–water partition coefficient (Wildman–Crippen LogP) is 5.72. The van der Waals surface area contributed by atoms with E-state index in [1.54, 1.807) is 66.7 Å². The highest BCUT2D eigenvalue weighted by molar-refractivity contribution is 9.10. The molecule has 3 aromatic rings. The number of ether oxygens (including phenoxy) is 2. The van der Waals surface area contributed by atoms with Gasteiger partial charge in [0.05, 0.1) is 0 Å². The smallest absolute Gasteiger partial charge is 0.412 e. The van der Waals surface area contributed by atoms with Crippen LogP contribution in [-0.4, -0.2) is 28.4 Å². The summed E-state index contributed by atoms with van der Waals surface area (Å²) in [6, 6.07) is 20.2. The fourth-order valence-corrected chi connectivity index (χ4v) is 3.58. The average Bonchev–Trinajstić information content (AvgIpc) is 2.84. The molecule has 2 atom stereocenters. The van der Waals surface area contributed by atoms with Gasteiger partial charge in [0.15, 0.2) is 12.2 Å². The van der Waals surface area contributed by atoms with Crippen LogP contribution in [-0.2, 0) is 9.53 Å². The molecule has 3 rings (SSSR count). The van der Waals surface area contributed by atoms with E-state index in [9.17, 15) is 14.7 Å². The summed E-state index contributed by atoms with van der Waals surface area (Å²) < 4.78 is 13.2. The first-order valence-corrected chi connectivity index (χ1v) is 11.5. The van der Waals surface area contributed by atoms with E-state index in [2.05, 4.69) is 37.2 Å². The van der Waals surface area contributed by atoms with Gasteiger partial charge in [0.1, 0.15) is 11.5 Å². The van der Waals surface area contributed by atoms with Gasteiger partial charge in [-0.3, -0.25) is 15.3 Å². The molecular formula is C24H20Br2N2O6. The zero-order valence-corrected chi connectivity index (χ0v) is 20.7. The molecule has 0 aromatic heterocycles. The molecule has 0 radical (unpaired) electrons. The summed E-state index contributed by atoms with van der Waals surface area (Å²) in [4.78, 5) is 24.4. The maximum absolute atomic E-state index is 12.8. The van der Waals surface area contributed by atoms with Gasteiger partial charge in [-0.15, -0.1) is 0 Å². The molecular weight excluding hydrogens is 572 g/mol. The van der Waals surface area contributed by atoms with Crippen molar-refractivity contribution in [3.05, 3.63) is 99.5 Å². The van der Waals surface area contributed by atoms with Crippen molar-refractivity contribution in [2.24, 2.45) is 0 Å². The summed E-state index contributed by atoms with van der Waals surface area (Å²) in [5.41, 5.74) is 2.22. The fourth-order valence-electron chi connectivity index (χ4n) is 2.93. The lowest BCUT2D eigenvalue weighted by molar-refractivity contribution is -0.124. The Bertz CT molecular complexity index is 1160. The van der Waals surface area contributed by atoms with Crippen molar-refractivity contribution in [3.8, 4) is 11.5 Å². The summed E-state index contributed by atoms with van der Waals surface area (Å²) >= 11 is 6.69. The van der Waals surface area contributed by atoms with Crippen molar-refractivity contribution in [1.82, 2.24) is 5.48 Å². The highest BCUT2D eigenvalue weighted by atomic mass is 79.9. The van der Waals surface area contributed by atoms with Crippen LogP contribution >= 0.6 is 31.9 Å². The van der Waals surface area contributed by atoms with E-state index in [0.717, 1.165) is 10.5 Å². The molecule has 8 nitrogen and oxygen atoms in total. The van der Waals surface area contributed by atoms with Gasteiger partial charge in [0, 0.05) is 26.3 Å². The molecule has 0 unspecified atom stereocenters. The summed E-state index contributed by atoms with van der Waals surface area (Å²) in [7, 11) is 0. The van der Waals surface area contributed by atoms with E-state index < -0.39 is 24.2 Å². The first kappa shape index (κ1) is 25.3. The van der Waals surface area contributed by atoms with Crippen molar-refractivity contribution >= 4 is 49.5 Å². The number of carbonyl (C=O) groups excluding carboxylic acids is 2. The molecule has 0 heterocycles. The standard InChI is InChI=1S/C24H20Br2N2O6/c25-15-6-9-17(10-7-15)27-24(31)34-23(19-14-16(26)8-11-20(19)29)21(12-13-22(30)28-32)33-18-4-2-1-3-5-18/h1-14,21,23,29,32H,(H,27,31)(H,28,30)/b13-12+/t21-,23-/m1/s1. The first-order chi connectivity index (χ1) is 16.4. The third kappa shape index (κ3) is 7.34. The molecule has 0 saturated heterocycles. The second-order valence-corrected chi connectivity index (χ2v) is 8.72. The van der Waals surface area contributed by atoms with Gasteiger partial charge in [-0.05, 0) is 60.7 Å². The monoisotopic (exact) mass is 590 g/mol. The average molecular weight is 592 g/mol. The van der Waals surface area contributed by atoms with Crippen LogP contribution in [0.5, 0.6) is 11.5 Å². The van der Waals surface area contributed by atoms with E-state index in [-0.39, 0.29) is 11.3 Å². The molecule has 4 N–H and O–H groups in total. The Balaban J connectivity index is 1.97. The Morgan fingerprint density at radius 1 is 0.941 bits per heavy atom. The second kappa shape index (κ2) is 12.2. The Labute approximate surface area is 212 Å². The Kier molecular flexibility index (Phi) is 9.08. The molecule has 0 aliphatic carbocycles. The molecule has 10 heteroatoms. The molecule has 0 aliphatic rings. The summed E-state index contributed by atoms with van der Waals surface area (Å²) in [5, 5.41) is 22.0. The molecule has 0 aliphatic heterocycles. The van der Waals surface area contributed by atoms with Crippen LogP contribution in [0.3, 0.4) is 0 Å². The van der Waals surface area contributed by atoms with Gasteiger partial charge in [-0.2, -0.15) is 0 Å². The first-order valence-electron chi connectivity index (χ1n) is 9.91. The highest BCUT2D eigenvalue weighted by Crippen LogP contribution is 2.34. The Morgan fingerprint density at radius 3 is 2.29 bits per heavy atom. The number of hydrogen-bond acceptors (Lipinski definition) is 6. The zero-order valence-electron chi connectivity index (χ0n) is 17.5. The van der Waals surface area contributed by atoms with Crippen LogP contribution in [0.15, 0.2) is 93.9 Å². The number of phenols is 1.